The summed E-state index contributed by atoms with van der Waals surface area (Å²) >= 11 is 3.20. The first-order chi connectivity index (χ1) is 16.2. The molecule has 3 aromatic heterocycles. The van der Waals surface area contributed by atoms with Gasteiger partial charge in [0, 0.05) is 23.2 Å². The molecule has 9 heteroatoms. The van der Waals surface area contributed by atoms with Crippen molar-refractivity contribution in [3.63, 3.8) is 0 Å². The number of thioether (sulfide) groups is 1. The molecule has 5 rings (SSSR count). The molecule has 5 aromatic rings. The highest BCUT2D eigenvalue weighted by Crippen LogP contribution is 2.29. The van der Waals surface area contributed by atoms with Gasteiger partial charge in [0.15, 0.2) is 5.16 Å². The summed E-state index contributed by atoms with van der Waals surface area (Å²) < 4.78 is 8.97. The molecular weight excluding hydrogens is 454 g/mol. The summed E-state index contributed by atoms with van der Waals surface area (Å²) in [5, 5.41) is 13.3. The number of thiazole rings is 1. The van der Waals surface area contributed by atoms with Crippen molar-refractivity contribution in [3.05, 3.63) is 70.0 Å². The zero-order valence-electron chi connectivity index (χ0n) is 18.4. The van der Waals surface area contributed by atoms with E-state index < -0.39 is 0 Å². The number of aromatic nitrogens is 5. The molecule has 0 saturated heterocycles. The van der Waals surface area contributed by atoms with Crippen LogP contribution in [0.2, 0.25) is 0 Å². The van der Waals surface area contributed by atoms with Crippen LogP contribution in [0.15, 0.2) is 63.9 Å². The number of nitrogens with zero attached hydrogens (tertiary/aromatic N) is 5. The minimum Gasteiger partial charge on any atom is -0.497 e. The van der Waals surface area contributed by atoms with E-state index in [1.165, 1.54) is 0 Å². The van der Waals surface area contributed by atoms with E-state index in [1.54, 1.807) is 34.8 Å². The van der Waals surface area contributed by atoms with E-state index in [0.717, 1.165) is 45.5 Å². The Labute approximate surface area is 199 Å². The van der Waals surface area contributed by atoms with Gasteiger partial charge in [0.05, 0.1) is 23.7 Å². The van der Waals surface area contributed by atoms with Gasteiger partial charge in [-0.2, -0.15) is 0 Å². The van der Waals surface area contributed by atoms with Crippen molar-refractivity contribution >= 4 is 39.8 Å². The monoisotopic (exact) mass is 477 g/mol. The van der Waals surface area contributed by atoms with Gasteiger partial charge in [-0.15, -0.1) is 21.5 Å². The molecule has 2 aromatic carbocycles. The van der Waals surface area contributed by atoms with Crippen molar-refractivity contribution in [2.75, 3.05) is 7.11 Å². The standard InChI is InChI=1S/C24H23N5O2S2/c1-3-4-13-28-22(30)19-7-5-6-8-20(19)29-23(28)26-27-24(29)33-15-17-14-32-21(25-17)16-9-11-18(31-2)12-10-16/h5-12,14H,3-4,13,15H2,1-2H3. The Hall–Kier alpha value is -3.17. The van der Waals surface area contributed by atoms with Gasteiger partial charge in [-0.25, -0.2) is 4.98 Å². The zero-order valence-corrected chi connectivity index (χ0v) is 20.0. The van der Waals surface area contributed by atoms with Crippen LogP contribution in [0.25, 0.3) is 27.3 Å². The molecule has 0 spiro atoms. The Morgan fingerprint density at radius 1 is 1.09 bits per heavy atom. The summed E-state index contributed by atoms with van der Waals surface area (Å²) in [6.45, 7) is 2.74. The molecule has 0 atom stereocenters. The topological polar surface area (TPSA) is 74.3 Å². The van der Waals surface area contributed by atoms with Gasteiger partial charge >= 0.3 is 0 Å². The van der Waals surface area contributed by atoms with Crippen LogP contribution >= 0.6 is 23.1 Å². The molecule has 0 N–H and O–H groups in total. The maximum atomic E-state index is 13.1. The highest BCUT2D eigenvalue weighted by molar-refractivity contribution is 7.98. The predicted molar refractivity (Wildman–Crippen MR) is 133 cm³/mol. The minimum atomic E-state index is -0.0147. The lowest BCUT2D eigenvalue weighted by Crippen LogP contribution is -2.23. The number of fused-ring (bicyclic) bond motifs is 3. The second kappa shape index (κ2) is 9.36. The van der Waals surface area contributed by atoms with Crippen molar-refractivity contribution < 1.29 is 4.74 Å². The summed E-state index contributed by atoms with van der Waals surface area (Å²) in [5.41, 5.74) is 2.86. The smallest absolute Gasteiger partial charge is 0.262 e. The maximum Gasteiger partial charge on any atom is 0.262 e. The number of ether oxygens (including phenoxy) is 1. The van der Waals surface area contributed by atoms with Crippen molar-refractivity contribution in [2.24, 2.45) is 0 Å². The molecule has 0 fully saturated rings. The third-order valence-electron chi connectivity index (χ3n) is 5.45. The number of unbranched alkanes of at least 4 members (excludes halogenated alkanes) is 1. The van der Waals surface area contributed by atoms with E-state index in [1.807, 2.05) is 52.9 Å². The van der Waals surface area contributed by atoms with Gasteiger partial charge in [-0.1, -0.05) is 37.2 Å². The number of aryl methyl sites for hydroxylation is 1. The summed E-state index contributed by atoms with van der Waals surface area (Å²) in [5.74, 6) is 2.08. The van der Waals surface area contributed by atoms with E-state index in [4.69, 9.17) is 9.72 Å². The Kier molecular flexibility index (Phi) is 6.15. The van der Waals surface area contributed by atoms with Gasteiger partial charge < -0.3 is 4.74 Å². The largest absolute Gasteiger partial charge is 0.497 e. The Morgan fingerprint density at radius 3 is 2.70 bits per heavy atom. The lowest BCUT2D eigenvalue weighted by atomic mass is 10.2. The van der Waals surface area contributed by atoms with E-state index >= 15 is 0 Å². The van der Waals surface area contributed by atoms with Crippen LogP contribution in [0, 0.1) is 0 Å². The molecule has 0 aliphatic carbocycles. The van der Waals surface area contributed by atoms with Crippen LogP contribution < -0.4 is 10.3 Å². The Bertz CT molecular complexity index is 1470. The summed E-state index contributed by atoms with van der Waals surface area (Å²) in [6, 6.07) is 15.6. The number of para-hydroxylation sites is 1. The second-order valence-corrected chi connectivity index (χ2v) is 9.41. The highest BCUT2D eigenvalue weighted by atomic mass is 32.2. The normalized spacial score (nSPS) is 11.5. The molecule has 0 radical (unpaired) electrons. The van der Waals surface area contributed by atoms with E-state index in [9.17, 15) is 4.79 Å². The quantitative estimate of drug-likeness (QED) is 0.284. The first kappa shape index (κ1) is 21.7. The average Bonchev–Trinajstić information content (AvgIpc) is 3.50. The minimum absolute atomic E-state index is 0.0147. The van der Waals surface area contributed by atoms with E-state index in [0.29, 0.717) is 23.5 Å². The van der Waals surface area contributed by atoms with Gasteiger partial charge in [-0.05, 0) is 42.8 Å². The fraction of sp³-hybridized carbons (Fsp3) is 0.250. The fourth-order valence-corrected chi connectivity index (χ4v) is 5.49. The van der Waals surface area contributed by atoms with Crippen molar-refractivity contribution in [2.45, 2.75) is 37.2 Å². The molecule has 0 aliphatic heterocycles. The average molecular weight is 478 g/mol. The van der Waals surface area contributed by atoms with Gasteiger partial charge in [-0.3, -0.25) is 13.8 Å². The van der Waals surface area contributed by atoms with Crippen LogP contribution in [-0.2, 0) is 12.3 Å². The van der Waals surface area contributed by atoms with Crippen LogP contribution in [0.1, 0.15) is 25.5 Å². The van der Waals surface area contributed by atoms with Crippen molar-refractivity contribution in [1.29, 1.82) is 0 Å². The second-order valence-electron chi connectivity index (χ2n) is 7.61. The van der Waals surface area contributed by atoms with Crippen LogP contribution in [-0.4, -0.2) is 31.3 Å². The SMILES string of the molecule is CCCCn1c(=O)c2ccccc2n2c(SCc3csc(-c4ccc(OC)cc4)n3)nnc12. The molecule has 33 heavy (non-hydrogen) atoms. The number of methoxy groups -OCH3 is 1. The van der Waals surface area contributed by atoms with Crippen molar-refractivity contribution in [3.8, 4) is 16.3 Å². The molecule has 3 heterocycles. The Morgan fingerprint density at radius 2 is 1.91 bits per heavy atom. The number of rotatable bonds is 8. The summed E-state index contributed by atoms with van der Waals surface area (Å²) in [7, 11) is 1.66. The van der Waals surface area contributed by atoms with Crippen LogP contribution in [0.5, 0.6) is 5.75 Å². The number of hydrogen-bond acceptors (Lipinski definition) is 7. The van der Waals surface area contributed by atoms with Gasteiger partial charge in [0.2, 0.25) is 5.78 Å². The van der Waals surface area contributed by atoms with Crippen LogP contribution in [0.4, 0.5) is 0 Å². The molecule has 168 valence electrons. The zero-order chi connectivity index (χ0) is 22.8. The first-order valence-electron chi connectivity index (χ1n) is 10.8. The lowest BCUT2D eigenvalue weighted by Gasteiger charge is -2.10. The molecule has 0 saturated carbocycles. The summed E-state index contributed by atoms with van der Waals surface area (Å²) in [6.07, 6.45) is 1.91. The lowest BCUT2D eigenvalue weighted by molar-refractivity contribution is 0.415. The molecule has 7 nitrogen and oxygen atoms in total. The molecule has 0 bridgehead atoms. The number of hydrogen-bond donors (Lipinski definition) is 0. The third kappa shape index (κ3) is 4.14. The first-order valence-corrected chi connectivity index (χ1v) is 12.6. The molecule has 0 unspecified atom stereocenters. The molecule has 0 aliphatic rings. The third-order valence-corrected chi connectivity index (χ3v) is 7.35. The predicted octanol–water partition coefficient (Wildman–Crippen LogP) is 5.27. The van der Waals surface area contributed by atoms with E-state index in [-0.39, 0.29) is 5.56 Å². The summed E-state index contributed by atoms with van der Waals surface area (Å²) in [4.78, 5) is 17.9. The van der Waals surface area contributed by atoms with E-state index in [2.05, 4.69) is 22.5 Å². The number of benzene rings is 2. The highest BCUT2D eigenvalue weighted by Gasteiger charge is 2.17. The van der Waals surface area contributed by atoms with Crippen molar-refractivity contribution in [1.82, 2.24) is 24.1 Å². The molecule has 0 amide bonds. The Balaban J connectivity index is 1.46. The van der Waals surface area contributed by atoms with Crippen LogP contribution in [0.3, 0.4) is 0 Å². The fourth-order valence-electron chi connectivity index (χ4n) is 3.72. The molecular formula is C24H23N5O2S2. The van der Waals surface area contributed by atoms with Gasteiger partial charge in [0.1, 0.15) is 10.8 Å². The maximum absolute atomic E-state index is 13.1. The van der Waals surface area contributed by atoms with Gasteiger partial charge in [0.25, 0.3) is 5.56 Å².